The molecule has 1 unspecified atom stereocenters. The highest BCUT2D eigenvalue weighted by Crippen LogP contribution is 2.16. The van der Waals surface area contributed by atoms with Gasteiger partial charge in [-0.1, -0.05) is 0 Å². The van der Waals surface area contributed by atoms with Crippen LogP contribution in [0.4, 0.5) is 0 Å². The number of carbonyl (C=O) groups excluding carboxylic acids is 1. The predicted octanol–water partition coefficient (Wildman–Crippen LogP) is 0.588. The fourth-order valence-electron chi connectivity index (χ4n) is 1.70. The summed E-state index contributed by atoms with van der Waals surface area (Å²) in [6.45, 7) is 4.45. The van der Waals surface area contributed by atoms with Crippen LogP contribution >= 0.6 is 0 Å². The van der Waals surface area contributed by atoms with Crippen molar-refractivity contribution in [3.05, 3.63) is 0 Å². The first-order valence-electron chi connectivity index (χ1n) is 5.91. The highest BCUT2D eigenvalue weighted by atomic mass is 16.5. The van der Waals surface area contributed by atoms with Crippen LogP contribution in [-0.4, -0.2) is 31.8 Å². The monoisotopic (exact) mass is 230 g/mol. The first-order valence-corrected chi connectivity index (χ1v) is 5.91. The second-order valence-electron chi connectivity index (χ2n) is 4.31. The molecule has 1 rings (SSSR count). The summed E-state index contributed by atoms with van der Waals surface area (Å²) in [6, 6.07) is 0. The summed E-state index contributed by atoms with van der Waals surface area (Å²) in [4.78, 5) is 10.9. The molecule has 1 heterocycles. The third-order valence-electron chi connectivity index (χ3n) is 2.90. The molecule has 1 amide bonds. The third-order valence-corrected chi connectivity index (χ3v) is 2.90. The minimum absolute atomic E-state index is 0.111. The number of rotatable bonds is 6. The van der Waals surface area contributed by atoms with Gasteiger partial charge < -0.3 is 9.47 Å². The van der Waals surface area contributed by atoms with E-state index in [4.69, 9.17) is 15.3 Å². The summed E-state index contributed by atoms with van der Waals surface area (Å²) in [5.74, 6) is 5.47. The van der Waals surface area contributed by atoms with E-state index in [1.165, 1.54) is 0 Å². The Hall–Kier alpha value is -0.650. The van der Waals surface area contributed by atoms with Gasteiger partial charge in [0.05, 0.1) is 6.10 Å². The highest BCUT2D eigenvalue weighted by Gasteiger charge is 2.15. The summed E-state index contributed by atoms with van der Waals surface area (Å²) < 4.78 is 11.0. The fraction of sp³-hybridized carbons (Fsp3) is 0.909. The largest absolute Gasteiger partial charge is 0.381 e. The molecule has 0 bridgehead atoms. The predicted molar refractivity (Wildman–Crippen MR) is 60.5 cm³/mol. The van der Waals surface area contributed by atoms with Gasteiger partial charge in [0, 0.05) is 26.2 Å². The lowest BCUT2D eigenvalue weighted by Crippen LogP contribution is -2.30. The smallest absolute Gasteiger partial charge is 0.233 e. The average molecular weight is 230 g/mol. The molecule has 0 saturated carbocycles. The van der Waals surface area contributed by atoms with Crippen molar-refractivity contribution in [2.24, 2.45) is 11.8 Å². The first-order chi connectivity index (χ1) is 7.72. The first kappa shape index (κ1) is 13.4. The van der Waals surface area contributed by atoms with Crippen molar-refractivity contribution in [3.63, 3.8) is 0 Å². The van der Waals surface area contributed by atoms with E-state index in [0.29, 0.717) is 18.8 Å². The van der Waals surface area contributed by atoms with E-state index < -0.39 is 0 Å². The molecular weight excluding hydrogens is 208 g/mol. The topological polar surface area (TPSA) is 73.6 Å². The average Bonchev–Trinajstić information content (AvgIpc) is 2.34. The Labute approximate surface area is 96.6 Å². The molecular formula is C11H22N2O3. The molecule has 0 aromatic heterocycles. The van der Waals surface area contributed by atoms with Gasteiger partial charge in [-0.15, -0.1) is 0 Å². The Bertz CT molecular complexity index is 205. The quantitative estimate of drug-likeness (QED) is 0.398. The van der Waals surface area contributed by atoms with Crippen LogP contribution in [-0.2, 0) is 14.3 Å². The standard InChI is InChI=1S/C11H22N2O3/c1-9(2-3-11(14)13-12)16-8-10-4-6-15-7-5-10/h9-10H,2-8,12H2,1H3,(H,13,14). The molecule has 3 N–H and O–H groups in total. The molecule has 5 heteroatoms. The van der Waals surface area contributed by atoms with Crippen molar-refractivity contribution in [3.8, 4) is 0 Å². The number of nitrogens with one attached hydrogen (secondary N) is 1. The zero-order valence-electron chi connectivity index (χ0n) is 9.91. The molecule has 1 fully saturated rings. The second-order valence-corrected chi connectivity index (χ2v) is 4.31. The summed E-state index contributed by atoms with van der Waals surface area (Å²) in [7, 11) is 0. The van der Waals surface area contributed by atoms with Crippen LogP contribution in [0.2, 0.25) is 0 Å². The van der Waals surface area contributed by atoms with Crippen molar-refractivity contribution in [2.45, 2.75) is 38.7 Å². The van der Waals surface area contributed by atoms with Gasteiger partial charge in [0.15, 0.2) is 0 Å². The van der Waals surface area contributed by atoms with Crippen LogP contribution in [0.15, 0.2) is 0 Å². The van der Waals surface area contributed by atoms with Gasteiger partial charge in [0.2, 0.25) is 5.91 Å². The lowest BCUT2D eigenvalue weighted by atomic mass is 10.0. The summed E-state index contributed by atoms with van der Waals surface area (Å²) >= 11 is 0. The van der Waals surface area contributed by atoms with Crippen molar-refractivity contribution >= 4 is 5.91 Å². The molecule has 0 radical (unpaired) electrons. The van der Waals surface area contributed by atoms with E-state index >= 15 is 0 Å². The van der Waals surface area contributed by atoms with Gasteiger partial charge in [-0.05, 0) is 32.1 Å². The van der Waals surface area contributed by atoms with Crippen molar-refractivity contribution < 1.29 is 14.3 Å². The Balaban J connectivity index is 2.04. The van der Waals surface area contributed by atoms with Crippen LogP contribution in [0.5, 0.6) is 0 Å². The van der Waals surface area contributed by atoms with E-state index in [-0.39, 0.29) is 12.0 Å². The summed E-state index contributed by atoms with van der Waals surface area (Å²) in [5, 5.41) is 0. The molecule has 1 aliphatic heterocycles. The fourth-order valence-corrected chi connectivity index (χ4v) is 1.70. The van der Waals surface area contributed by atoms with Gasteiger partial charge >= 0.3 is 0 Å². The Morgan fingerprint density at radius 1 is 1.56 bits per heavy atom. The normalized spacial score (nSPS) is 19.4. The Morgan fingerprint density at radius 2 is 2.25 bits per heavy atom. The van der Waals surface area contributed by atoms with Gasteiger partial charge in [-0.25, -0.2) is 5.84 Å². The van der Waals surface area contributed by atoms with Crippen molar-refractivity contribution in [2.75, 3.05) is 19.8 Å². The summed E-state index contributed by atoms with van der Waals surface area (Å²) in [6.07, 6.45) is 3.41. The third kappa shape index (κ3) is 5.44. The number of hydrogen-bond acceptors (Lipinski definition) is 4. The van der Waals surface area contributed by atoms with Crippen molar-refractivity contribution in [1.82, 2.24) is 5.43 Å². The molecule has 0 aromatic carbocycles. The Morgan fingerprint density at radius 3 is 2.88 bits per heavy atom. The lowest BCUT2D eigenvalue weighted by Gasteiger charge is -2.23. The van der Waals surface area contributed by atoms with Crippen LogP contribution in [0.1, 0.15) is 32.6 Å². The zero-order chi connectivity index (χ0) is 11.8. The minimum Gasteiger partial charge on any atom is -0.381 e. The van der Waals surface area contributed by atoms with Crippen LogP contribution in [0.3, 0.4) is 0 Å². The number of nitrogens with two attached hydrogens (primary N) is 1. The van der Waals surface area contributed by atoms with E-state index in [0.717, 1.165) is 32.7 Å². The van der Waals surface area contributed by atoms with E-state index in [2.05, 4.69) is 5.43 Å². The maximum Gasteiger partial charge on any atom is 0.233 e. The van der Waals surface area contributed by atoms with E-state index in [1.807, 2.05) is 6.92 Å². The molecule has 16 heavy (non-hydrogen) atoms. The molecule has 1 atom stereocenters. The molecule has 94 valence electrons. The molecule has 0 aliphatic carbocycles. The van der Waals surface area contributed by atoms with Crippen LogP contribution < -0.4 is 11.3 Å². The number of ether oxygens (including phenoxy) is 2. The van der Waals surface area contributed by atoms with Gasteiger partial charge in [-0.2, -0.15) is 0 Å². The van der Waals surface area contributed by atoms with E-state index in [1.54, 1.807) is 0 Å². The van der Waals surface area contributed by atoms with Gasteiger partial charge in [-0.3, -0.25) is 10.2 Å². The molecule has 1 aliphatic rings. The molecule has 5 nitrogen and oxygen atoms in total. The highest BCUT2D eigenvalue weighted by molar-refractivity contribution is 5.75. The minimum atomic E-state index is -0.137. The number of hydrazine groups is 1. The van der Waals surface area contributed by atoms with Crippen LogP contribution in [0.25, 0.3) is 0 Å². The van der Waals surface area contributed by atoms with Crippen LogP contribution in [0, 0.1) is 5.92 Å². The molecule has 0 aromatic rings. The maximum absolute atomic E-state index is 10.9. The molecule has 1 saturated heterocycles. The number of carbonyl (C=O) groups is 1. The molecule has 0 spiro atoms. The zero-order valence-corrected chi connectivity index (χ0v) is 9.91. The number of hydrogen-bond donors (Lipinski definition) is 2. The van der Waals surface area contributed by atoms with Crippen molar-refractivity contribution in [1.29, 1.82) is 0 Å². The lowest BCUT2D eigenvalue weighted by molar-refractivity contribution is -0.122. The number of amides is 1. The second kappa shape index (κ2) is 7.60. The van der Waals surface area contributed by atoms with Gasteiger partial charge in [0.25, 0.3) is 0 Å². The SMILES string of the molecule is CC(CCC(=O)NN)OCC1CCOCC1. The Kier molecular flexibility index (Phi) is 6.37. The summed E-state index contributed by atoms with van der Waals surface area (Å²) in [5.41, 5.74) is 2.11. The van der Waals surface area contributed by atoms with Gasteiger partial charge in [0.1, 0.15) is 0 Å². The van der Waals surface area contributed by atoms with E-state index in [9.17, 15) is 4.79 Å². The maximum atomic E-state index is 10.9.